The number of aromatic nitrogens is 1. The molecule has 0 bridgehead atoms. The van der Waals surface area contributed by atoms with Gasteiger partial charge in [0.2, 0.25) is 0 Å². The van der Waals surface area contributed by atoms with E-state index in [2.05, 4.69) is 10.3 Å². The van der Waals surface area contributed by atoms with E-state index in [0.29, 0.717) is 18.1 Å². The van der Waals surface area contributed by atoms with E-state index in [4.69, 9.17) is 16.7 Å². The molecular formula is C9H11ClN2O3S. The molecule has 2 N–H and O–H groups in total. The van der Waals surface area contributed by atoms with E-state index in [9.17, 15) is 9.00 Å². The minimum atomic E-state index is -1.07. The Morgan fingerprint density at radius 1 is 1.69 bits per heavy atom. The van der Waals surface area contributed by atoms with Crippen LogP contribution in [-0.2, 0) is 10.8 Å². The number of pyridine rings is 1. The Morgan fingerprint density at radius 3 is 2.88 bits per heavy atom. The van der Waals surface area contributed by atoms with E-state index < -0.39 is 16.8 Å². The number of halogens is 1. The number of hydrogen-bond acceptors (Lipinski definition) is 4. The van der Waals surface area contributed by atoms with Crippen molar-refractivity contribution in [3.05, 3.63) is 22.8 Å². The summed E-state index contributed by atoms with van der Waals surface area (Å²) in [4.78, 5) is 14.5. The molecule has 0 amide bonds. The van der Waals surface area contributed by atoms with Gasteiger partial charge in [-0.25, -0.2) is 9.78 Å². The molecule has 0 aliphatic carbocycles. The number of nitrogens with zero attached hydrogens (tertiary/aromatic N) is 1. The van der Waals surface area contributed by atoms with E-state index in [1.54, 1.807) is 6.26 Å². The summed E-state index contributed by atoms with van der Waals surface area (Å²) in [5.74, 6) is -0.189. The third-order valence-electron chi connectivity index (χ3n) is 1.77. The number of hydrogen-bond donors (Lipinski definition) is 2. The molecule has 0 fully saturated rings. The van der Waals surface area contributed by atoms with Crippen LogP contribution in [0.5, 0.6) is 0 Å². The fourth-order valence-electron chi connectivity index (χ4n) is 0.998. The van der Waals surface area contributed by atoms with Gasteiger partial charge in [-0.1, -0.05) is 11.6 Å². The van der Waals surface area contributed by atoms with Crippen LogP contribution >= 0.6 is 11.6 Å². The summed E-state index contributed by atoms with van der Waals surface area (Å²) in [6.07, 6.45) is 2.82. The minimum Gasteiger partial charge on any atom is -0.478 e. The molecule has 16 heavy (non-hydrogen) atoms. The quantitative estimate of drug-likeness (QED) is 0.834. The molecule has 0 aliphatic rings. The van der Waals surface area contributed by atoms with Crippen molar-refractivity contribution >= 4 is 34.2 Å². The Kier molecular flexibility index (Phi) is 4.70. The van der Waals surface area contributed by atoms with E-state index in [-0.39, 0.29) is 10.6 Å². The minimum absolute atomic E-state index is 0.0367. The maximum absolute atomic E-state index is 10.8. The first-order valence-corrected chi connectivity index (χ1v) is 6.54. The van der Waals surface area contributed by atoms with E-state index >= 15 is 0 Å². The predicted octanol–water partition coefficient (Wildman–Crippen LogP) is 1.22. The molecule has 1 aromatic heterocycles. The Bertz CT molecular complexity index is 425. The fourth-order valence-corrected chi connectivity index (χ4v) is 1.62. The van der Waals surface area contributed by atoms with Gasteiger partial charge in [0.15, 0.2) is 0 Å². The molecule has 0 radical (unpaired) electrons. The van der Waals surface area contributed by atoms with Gasteiger partial charge in [-0.15, -0.1) is 0 Å². The van der Waals surface area contributed by atoms with Crippen LogP contribution in [0, 0.1) is 0 Å². The summed E-state index contributed by atoms with van der Waals surface area (Å²) in [7, 11) is -0.885. The molecule has 1 unspecified atom stereocenters. The van der Waals surface area contributed by atoms with Gasteiger partial charge in [0.05, 0.1) is 10.6 Å². The third-order valence-corrected chi connectivity index (χ3v) is 2.84. The lowest BCUT2D eigenvalue weighted by Crippen LogP contribution is -2.11. The molecule has 0 spiro atoms. The number of aromatic carboxylic acids is 1. The second-order valence-corrected chi connectivity index (χ2v) is 5.03. The number of rotatable bonds is 5. The van der Waals surface area contributed by atoms with Gasteiger partial charge < -0.3 is 10.4 Å². The Hall–Kier alpha value is -1.14. The molecule has 0 aromatic carbocycles. The topological polar surface area (TPSA) is 79.3 Å². The van der Waals surface area contributed by atoms with E-state index in [0.717, 1.165) is 0 Å². The van der Waals surface area contributed by atoms with Crippen LogP contribution in [0.3, 0.4) is 0 Å². The first-order valence-electron chi connectivity index (χ1n) is 4.43. The third kappa shape index (κ3) is 3.79. The zero-order chi connectivity index (χ0) is 12.1. The van der Waals surface area contributed by atoms with Crippen molar-refractivity contribution in [1.82, 2.24) is 4.98 Å². The van der Waals surface area contributed by atoms with Crippen LogP contribution in [0.1, 0.15) is 10.4 Å². The van der Waals surface area contributed by atoms with Crippen LogP contribution < -0.4 is 5.32 Å². The molecule has 0 saturated heterocycles. The van der Waals surface area contributed by atoms with Gasteiger partial charge >= 0.3 is 5.97 Å². The molecule has 0 aliphatic heterocycles. The number of carboxylic acids is 1. The summed E-state index contributed by atoms with van der Waals surface area (Å²) in [6.45, 7) is 0.474. The zero-order valence-electron chi connectivity index (χ0n) is 8.57. The molecule has 5 nitrogen and oxygen atoms in total. The number of carbonyl (C=O) groups is 1. The molecule has 0 saturated carbocycles. The molecule has 7 heteroatoms. The summed E-state index contributed by atoms with van der Waals surface area (Å²) in [5, 5.41) is 11.8. The van der Waals surface area contributed by atoms with Gasteiger partial charge in [-0.2, -0.15) is 0 Å². The highest BCUT2D eigenvalue weighted by atomic mass is 35.5. The first kappa shape index (κ1) is 12.9. The predicted molar refractivity (Wildman–Crippen MR) is 63.6 cm³/mol. The van der Waals surface area contributed by atoms with Crippen molar-refractivity contribution in [2.24, 2.45) is 0 Å². The summed E-state index contributed by atoms with van der Waals surface area (Å²) < 4.78 is 10.8. The maximum atomic E-state index is 10.8. The van der Waals surface area contributed by atoms with Crippen molar-refractivity contribution in [3.8, 4) is 0 Å². The van der Waals surface area contributed by atoms with Crippen LogP contribution in [0.15, 0.2) is 12.3 Å². The number of anilines is 1. The lowest BCUT2D eigenvalue weighted by Gasteiger charge is -2.06. The van der Waals surface area contributed by atoms with Gasteiger partial charge in [0, 0.05) is 35.5 Å². The van der Waals surface area contributed by atoms with Crippen LogP contribution in [0.2, 0.25) is 5.02 Å². The lowest BCUT2D eigenvalue weighted by molar-refractivity contribution is 0.0696. The summed E-state index contributed by atoms with van der Waals surface area (Å²) >= 11 is 5.82. The average molecular weight is 263 g/mol. The van der Waals surface area contributed by atoms with Crippen molar-refractivity contribution in [2.75, 3.05) is 23.9 Å². The smallest absolute Gasteiger partial charge is 0.337 e. The normalized spacial score (nSPS) is 12.1. The van der Waals surface area contributed by atoms with Gasteiger partial charge in [0.25, 0.3) is 0 Å². The first-order chi connectivity index (χ1) is 7.50. The maximum Gasteiger partial charge on any atom is 0.337 e. The zero-order valence-corrected chi connectivity index (χ0v) is 10.1. The van der Waals surface area contributed by atoms with Crippen LogP contribution in [0.4, 0.5) is 5.82 Å². The monoisotopic (exact) mass is 262 g/mol. The molecule has 1 rings (SSSR count). The van der Waals surface area contributed by atoms with E-state index in [1.165, 1.54) is 12.3 Å². The van der Waals surface area contributed by atoms with Crippen LogP contribution in [-0.4, -0.2) is 38.8 Å². The Labute approximate surface area is 100 Å². The molecule has 1 heterocycles. The summed E-state index contributed by atoms with van der Waals surface area (Å²) in [6, 6.07) is 1.32. The molecule has 1 aromatic rings. The molecular weight excluding hydrogens is 252 g/mol. The van der Waals surface area contributed by atoms with Crippen molar-refractivity contribution in [1.29, 1.82) is 0 Å². The standard InChI is InChI=1S/C9H11ClN2O3S/c1-16(15)3-2-11-8-7(10)4-6(5-12-8)9(13)14/h4-5H,2-3H2,1H3,(H,11,12)(H,13,14). The average Bonchev–Trinajstić information content (AvgIpc) is 2.19. The highest BCUT2D eigenvalue weighted by Crippen LogP contribution is 2.19. The van der Waals surface area contributed by atoms with E-state index in [1.807, 2.05) is 0 Å². The van der Waals surface area contributed by atoms with Gasteiger partial charge in [-0.05, 0) is 6.07 Å². The summed E-state index contributed by atoms with van der Waals surface area (Å²) in [5.41, 5.74) is 0.0367. The van der Waals surface area contributed by atoms with Crippen molar-refractivity contribution in [3.63, 3.8) is 0 Å². The Balaban J connectivity index is 2.68. The second-order valence-electron chi connectivity index (χ2n) is 3.06. The second kappa shape index (κ2) is 5.81. The molecule has 1 atom stereocenters. The lowest BCUT2D eigenvalue weighted by atomic mass is 10.3. The highest BCUT2D eigenvalue weighted by Gasteiger charge is 2.07. The highest BCUT2D eigenvalue weighted by molar-refractivity contribution is 7.84. The fraction of sp³-hybridized carbons (Fsp3) is 0.333. The number of nitrogens with one attached hydrogen (secondary N) is 1. The van der Waals surface area contributed by atoms with Crippen molar-refractivity contribution in [2.45, 2.75) is 0 Å². The van der Waals surface area contributed by atoms with Gasteiger partial charge in [0.1, 0.15) is 5.82 Å². The van der Waals surface area contributed by atoms with Crippen molar-refractivity contribution < 1.29 is 14.1 Å². The Morgan fingerprint density at radius 2 is 2.38 bits per heavy atom. The van der Waals surface area contributed by atoms with Crippen LogP contribution in [0.25, 0.3) is 0 Å². The molecule has 88 valence electrons. The largest absolute Gasteiger partial charge is 0.478 e. The number of carboxylic acid groups (broad SMARTS) is 1. The van der Waals surface area contributed by atoms with Gasteiger partial charge in [-0.3, -0.25) is 4.21 Å². The SMILES string of the molecule is CS(=O)CCNc1ncc(C(=O)O)cc1Cl.